The molecule has 12 heteroatoms. The zero-order chi connectivity index (χ0) is 35.1. The molecule has 262 valence electrons. The molecule has 3 fully saturated rings. The van der Waals surface area contributed by atoms with Crippen molar-refractivity contribution < 1.29 is 33.8 Å². The van der Waals surface area contributed by atoms with Gasteiger partial charge in [-0.1, -0.05) is 82.1 Å². The number of benzene rings is 2. The van der Waals surface area contributed by atoms with Crippen molar-refractivity contribution in [3.05, 3.63) is 90.5 Å². The lowest BCUT2D eigenvalue weighted by Gasteiger charge is -2.37. The molecule has 3 amide bonds. The number of nitrogens with one attached hydrogen (secondary N) is 1. The van der Waals surface area contributed by atoms with Crippen LogP contribution in [0.15, 0.2) is 79.9 Å². The number of anilines is 1. The normalized spacial score (nSPS) is 25.8. The zero-order valence-corrected chi connectivity index (χ0v) is 29.7. The van der Waals surface area contributed by atoms with Crippen LogP contribution >= 0.6 is 27.5 Å². The van der Waals surface area contributed by atoms with E-state index in [0.29, 0.717) is 42.8 Å². The van der Waals surface area contributed by atoms with Crippen LogP contribution in [0.3, 0.4) is 0 Å². The van der Waals surface area contributed by atoms with Crippen LogP contribution in [-0.2, 0) is 28.7 Å². The van der Waals surface area contributed by atoms with Crippen LogP contribution in [0, 0.1) is 11.8 Å². The number of aliphatic hydroxyl groups is 1. The van der Waals surface area contributed by atoms with Gasteiger partial charge in [-0.2, -0.15) is 0 Å². The Morgan fingerprint density at radius 1 is 1.12 bits per heavy atom. The van der Waals surface area contributed by atoms with Crippen molar-refractivity contribution in [2.75, 3.05) is 31.2 Å². The van der Waals surface area contributed by atoms with Crippen LogP contribution in [0.1, 0.15) is 50.1 Å². The summed E-state index contributed by atoms with van der Waals surface area (Å²) in [6.45, 7) is 7.81. The highest BCUT2D eigenvalue weighted by Gasteiger charge is 2.76. The van der Waals surface area contributed by atoms with E-state index >= 15 is 0 Å². The average Bonchev–Trinajstić information content (AvgIpc) is 3.70. The first-order valence-electron chi connectivity index (χ1n) is 16.7. The zero-order valence-electron chi connectivity index (χ0n) is 27.3. The number of halogens is 2. The highest BCUT2D eigenvalue weighted by Crippen LogP contribution is 2.60. The number of unbranched alkanes of at least 4 members (excludes halogenated alkanes) is 2. The average molecular weight is 757 g/mol. The summed E-state index contributed by atoms with van der Waals surface area (Å²) < 4.78 is 12.2. The summed E-state index contributed by atoms with van der Waals surface area (Å²) >= 11 is 10.3. The quantitative estimate of drug-likeness (QED) is 0.0993. The number of aliphatic hydroxyl groups excluding tert-OH is 1. The van der Waals surface area contributed by atoms with Crippen molar-refractivity contribution in [2.45, 2.75) is 67.1 Å². The van der Waals surface area contributed by atoms with Gasteiger partial charge in [-0.3, -0.25) is 19.2 Å². The van der Waals surface area contributed by atoms with Gasteiger partial charge in [0.15, 0.2) is 0 Å². The Labute approximate surface area is 300 Å². The van der Waals surface area contributed by atoms with Gasteiger partial charge in [-0.05, 0) is 49.8 Å². The summed E-state index contributed by atoms with van der Waals surface area (Å²) in [6.07, 6.45) is 5.30. The fourth-order valence-electron chi connectivity index (χ4n) is 7.42. The minimum atomic E-state index is -1.29. The third-order valence-corrected chi connectivity index (χ3v) is 10.8. The molecule has 5 rings (SSSR count). The number of esters is 1. The van der Waals surface area contributed by atoms with Gasteiger partial charge in [0.1, 0.15) is 18.2 Å². The van der Waals surface area contributed by atoms with E-state index in [-0.39, 0.29) is 49.4 Å². The van der Waals surface area contributed by atoms with E-state index in [0.717, 1.165) is 5.56 Å². The molecule has 10 nitrogen and oxygen atoms in total. The minimum absolute atomic E-state index is 0.0208. The first kappa shape index (κ1) is 36.8. The number of rotatable bonds is 17. The summed E-state index contributed by atoms with van der Waals surface area (Å²) in [5, 5.41) is 12.8. The Morgan fingerprint density at radius 2 is 1.86 bits per heavy atom. The number of nitrogens with zero attached hydrogens (tertiary/aromatic N) is 2. The van der Waals surface area contributed by atoms with Gasteiger partial charge >= 0.3 is 5.97 Å². The molecule has 1 unspecified atom stereocenters. The van der Waals surface area contributed by atoms with Crippen LogP contribution in [0.2, 0.25) is 5.02 Å². The molecule has 0 radical (unpaired) electrons. The lowest BCUT2D eigenvalue weighted by Crippen LogP contribution is -2.57. The number of amides is 3. The van der Waals surface area contributed by atoms with Gasteiger partial charge in [0.25, 0.3) is 5.91 Å². The highest BCUT2D eigenvalue weighted by molar-refractivity contribution is 9.09. The van der Waals surface area contributed by atoms with E-state index in [1.807, 2.05) is 30.3 Å². The number of ether oxygens (including phenoxy) is 2. The van der Waals surface area contributed by atoms with Crippen LogP contribution < -0.4 is 10.2 Å². The number of alkyl halides is 1. The third kappa shape index (κ3) is 7.50. The first-order chi connectivity index (χ1) is 23.7. The molecule has 0 aromatic heterocycles. The maximum Gasteiger partial charge on any atom is 0.306 e. The Balaban J connectivity index is 1.48. The molecule has 1 spiro atoms. The van der Waals surface area contributed by atoms with Gasteiger partial charge < -0.3 is 29.7 Å². The number of allylic oxidation sites excluding steroid dienone is 1. The lowest BCUT2D eigenvalue weighted by molar-refractivity contribution is -0.145. The highest BCUT2D eigenvalue weighted by atomic mass is 79.9. The number of fused-ring (bicyclic) bond motifs is 1. The third-order valence-electron chi connectivity index (χ3n) is 9.59. The number of carbonyl (C=O) groups is 4. The molecule has 3 heterocycles. The van der Waals surface area contributed by atoms with Crippen LogP contribution in [0.25, 0.3) is 0 Å². The van der Waals surface area contributed by atoms with Crippen molar-refractivity contribution in [3.8, 4) is 0 Å². The number of likely N-dealkylation sites (tertiary alicyclic amines) is 1. The Kier molecular flexibility index (Phi) is 12.4. The molecule has 3 saturated heterocycles. The van der Waals surface area contributed by atoms with Crippen molar-refractivity contribution in [3.63, 3.8) is 0 Å². The monoisotopic (exact) mass is 755 g/mol. The summed E-state index contributed by atoms with van der Waals surface area (Å²) in [5.41, 5.74) is -0.0728. The van der Waals surface area contributed by atoms with E-state index in [2.05, 4.69) is 34.4 Å². The van der Waals surface area contributed by atoms with Crippen LogP contribution in [0.5, 0.6) is 0 Å². The number of para-hydroxylation sites is 1. The molecule has 0 aliphatic carbocycles. The molecule has 0 saturated carbocycles. The van der Waals surface area contributed by atoms with Crippen molar-refractivity contribution in [1.82, 2.24) is 10.2 Å². The molecule has 7 atom stereocenters. The van der Waals surface area contributed by atoms with Crippen LogP contribution in [0.4, 0.5) is 5.69 Å². The standard InChI is InChI=1S/C37H43BrClN3O7/c1-3-5-18-29(44)48-23-27(24-14-8-6-9-15-24)40-34(45)30-31-35(46)42(20-12-7-13-21-43)33(37(31)22-25(38)32(30)49-37)36(47)41(19-4-2)28-17-11-10-16-26(28)39/h3-4,6,8-11,14-17,25,27,30-33,43H,1-2,5,7,12-13,18-23H2,(H,40,45)/t25?,27-,30+,31-,32+,33+,37-/m1/s1. The second kappa shape index (κ2) is 16.5. The second-order valence-electron chi connectivity index (χ2n) is 12.7. The molecule has 3 aliphatic heterocycles. The van der Waals surface area contributed by atoms with Gasteiger partial charge in [-0.25, -0.2) is 0 Å². The summed E-state index contributed by atoms with van der Waals surface area (Å²) in [5.74, 6) is -3.38. The maximum atomic E-state index is 14.8. The molecular formula is C37H43BrClN3O7. The SMILES string of the molecule is C=CCCC(=O)OC[C@@H](NC(=O)[C@@H]1[C@H]2O[C@@]3(CC2Br)[C@H](C(=O)N(CC=C)c2ccccc2Cl)N(CCCCCO)C(=O)[C@@H]13)c1ccccc1. The van der Waals surface area contributed by atoms with Crippen molar-refractivity contribution in [2.24, 2.45) is 11.8 Å². The summed E-state index contributed by atoms with van der Waals surface area (Å²) in [4.78, 5) is 58.8. The van der Waals surface area contributed by atoms with E-state index in [1.54, 1.807) is 41.3 Å². The topological polar surface area (TPSA) is 125 Å². The maximum absolute atomic E-state index is 14.8. The molecule has 49 heavy (non-hydrogen) atoms. The molecule has 3 aliphatic rings. The van der Waals surface area contributed by atoms with E-state index in [1.165, 1.54) is 4.90 Å². The fourth-order valence-corrected chi connectivity index (χ4v) is 8.60. The van der Waals surface area contributed by atoms with E-state index in [9.17, 15) is 24.3 Å². The molecular weight excluding hydrogens is 714 g/mol. The van der Waals surface area contributed by atoms with E-state index in [4.69, 9.17) is 21.1 Å². The van der Waals surface area contributed by atoms with Crippen molar-refractivity contribution in [1.29, 1.82) is 0 Å². The number of hydrogen-bond donors (Lipinski definition) is 2. The van der Waals surface area contributed by atoms with Crippen molar-refractivity contribution >= 4 is 56.9 Å². The van der Waals surface area contributed by atoms with Gasteiger partial charge in [0.2, 0.25) is 11.8 Å². The van der Waals surface area contributed by atoms with E-state index < -0.39 is 47.5 Å². The first-order valence-corrected chi connectivity index (χ1v) is 18.0. The Bertz CT molecular complexity index is 1540. The van der Waals surface area contributed by atoms with Gasteiger partial charge in [-0.15, -0.1) is 13.2 Å². The molecule has 2 aromatic carbocycles. The predicted molar refractivity (Wildman–Crippen MR) is 190 cm³/mol. The fraction of sp³-hybridized carbons (Fsp3) is 0.459. The summed E-state index contributed by atoms with van der Waals surface area (Å²) in [7, 11) is 0. The Hall–Kier alpha value is -3.51. The largest absolute Gasteiger partial charge is 0.463 e. The summed E-state index contributed by atoms with van der Waals surface area (Å²) in [6, 6.07) is 14.5. The number of carbonyl (C=O) groups excluding carboxylic acids is 4. The van der Waals surface area contributed by atoms with Gasteiger partial charge in [0, 0.05) is 30.9 Å². The molecule has 2 aromatic rings. The molecule has 2 N–H and O–H groups in total. The number of hydrogen-bond acceptors (Lipinski definition) is 7. The van der Waals surface area contributed by atoms with Crippen LogP contribution in [-0.4, -0.2) is 82.6 Å². The predicted octanol–water partition coefficient (Wildman–Crippen LogP) is 5.14. The van der Waals surface area contributed by atoms with Gasteiger partial charge in [0.05, 0.1) is 34.7 Å². The lowest BCUT2D eigenvalue weighted by atomic mass is 9.70. The Morgan fingerprint density at radius 3 is 2.55 bits per heavy atom. The second-order valence-corrected chi connectivity index (χ2v) is 14.2. The molecule has 2 bridgehead atoms. The minimum Gasteiger partial charge on any atom is -0.463 e. The smallest absolute Gasteiger partial charge is 0.306 e.